The Morgan fingerprint density at radius 2 is 1.96 bits per heavy atom. The molecule has 0 bridgehead atoms. The molecule has 0 saturated carbocycles. The smallest absolute Gasteiger partial charge is 0.368 e. The summed E-state index contributed by atoms with van der Waals surface area (Å²) < 4.78 is 10.0. The number of hydrogen-bond donors (Lipinski definition) is 2. The zero-order chi connectivity index (χ0) is 18.5. The van der Waals surface area contributed by atoms with E-state index in [0.29, 0.717) is 5.56 Å². The van der Waals surface area contributed by atoms with E-state index in [0.717, 1.165) is 4.90 Å². The molecule has 4 atom stereocenters. The molecule has 0 aromatic heterocycles. The summed E-state index contributed by atoms with van der Waals surface area (Å²) in [5.41, 5.74) is -0.513. The van der Waals surface area contributed by atoms with Crippen molar-refractivity contribution in [1.82, 2.24) is 4.90 Å². The fourth-order valence-corrected chi connectivity index (χ4v) is 4.03. The van der Waals surface area contributed by atoms with Crippen LogP contribution in [-0.2, 0) is 19.1 Å². The van der Waals surface area contributed by atoms with Crippen LogP contribution in [0.2, 0.25) is 0 Å². The minimum absolute atomic E-state index is 0.0255. The van der Waals surface area contributed by atoms with Gasteiger partial charge >= 0.3 is 5.97 Å². The summed E-state index contributed by atoms with van der Waals surface area (Å²) in [5, 5.41) is 11.5. The molecule has 2 aliphatic rings. The average Bonchev–Trinajstić information content (AvgIpc) is 3.04. The second kappa shape index (κ2) is 5.73. The molecule has 8 heteroatoms. The molecule has 134 valence electrons. The predicted octanol–water partition coefficient (Wildman–Crippen LogP) is -0.818. The standard InChI is InChI=1S/C17H20N2O6/c1-17(16(23)25-4)12-11(14(21)19(2)15(12)22)13(18-17)8-5-6-9(20)10(7-8)24-3/h5-7,11-13,18,20H,1-4H3/p+1/t11-,12+,13-,17+/m0/s1. The van der Waals surface area contributed by atoms with Crippen molar-refractivity contribution in [2.24, 2.45) is 11.8 Å². The number of nitrogens with two attached hydrogens (primary N) is 1. The summed E-state index contributed by atoms with van der Waals surface area (Å²) in [5.74, 6) is -2.50. The van der Waals surface area contributed by atoms with Gasteiger partial charge in [0.05, 0.1) is 14.2 Å². The third-order valence-corrected chi connectivity index (χ3v) is 5.34. The van der Waals surface area contributed by atoms with E-state index in [1.54, 1.807) is 24.4 Å². The van der Waals surface area contributed by atoms with Crippen molar-refractivity contribution in [2.45, 2.75) is 18.5 Å². The average molecular weight is 349 g/mol. The number of ether oxygens (including phenoxy) is 2. The number of rotatable bonds is 3. The monoisotopic (exact) mass is 349 g/mol. The number of benzene rings is 1. The van der Waals surface area contributed by atoms with E-state index >= 15 is 0 Å². The first-order valence-electron chi connectivity index (χ1n) is 7.89. The maximum absolute atomic E-state index is 12.7. The van der Waals surface area contributed by atoms with Crippen LogP contribution < -0.4 is 10.1 Å². The lowest BCUT2D eigenvalue weighted by Gasteiger charge is -2.24. The molecule has 25 heavy (non-hydrogen) atoms. The minimum atomic E-state index is -1.20. The first kappa shape index (κ1) is 17.2. The Kier molecular flexibility index (Phi) is 3.95. The van der Waals surface area contributed by atoms with E-state index in [4.69, 9.17) is 9.47 Å². The number of phenolic OH excluding ortho intramolecular Hbond substituents is 1. The molecule has 2 fully saturated rings. The molecule has 3 N–H and O–H groups in total. The van der Waals surface area contributed by atoms with Gasteiger partial charge in [-0.1, -0.05) is 0 Å². The molecule has 3 rings (SSSR count). The maximum atomic E-state index is 12.7. The van der Waals surface area contributed by atoms with Crippen LogP contribution in [0.4, 0.5) is 0 Å². The van der Waals surface area contributed by atoms with Crippen LogP contribution in [0.1, 0.15) is 18.5 Å². The number of hydrogen-bond acceptors (Lipinski definition) is 6. The molecule has 0 spiro atoms. The Hall–Kier alpha value is -2.61. The lowest BCUT2D eigenvalue weighted by atomic mass is 9.80. The van der Waals surface area contributed by atoms with Crippen molar-refractivity contribution in [2.75, 3.05) is 21.3 Å². The van der Waals surface area contributed by atoms with Crippen molar-refractivity contribution < 1.29 is 34.3 Å². The number of amides is 2. The van der Waals surface area contributed by atoms with E-state index in [-0.39, 0.29) is 23.3 Å². The van der Waals surface area contributed by atoms with Crippen molar-refractivity contribution in [3.8, 4) is 11.5 Å². The summed E-state index contributed by atoms with van der Waals surface area (Å²) in [6.07, 6.45) is 0. The fourth-order valence-electron chi connectivity index (χ4n) is 4.03. The van der Waals surface area contributed by atoms with Crippen molar-refractivity contribution in [3.63, 3.8) is 0 Å². The summed E-state index contributed by atoms with van der Waals surface area (Å²) >= 11 is 0. The second-order valence-electron chi connectivity index (χ2n) is 6.64. The Labute approximate surface area is 144 Å². The van der Waals surface area contributed by atoms with Gasteiger partial charge in [-0.3, -0.25) is 14.5 Å². The van der Waals surface area contributed by atoms with Gasteiger partial charge in [0.25, 0.3) is 0 Å². The molecule has 2 heterocycles. The maximum Gasteiger partial charge on any atom is 0.368 e. The summed E-state index contributed by atoms with van der Waals surface area (Å²) in [6.45, 7) is 1.62. The number of nitrogens with zero attached hydrogens (tertiary/aromatic N) is 1. The van der Waals surface area contributed by atoms with Crippen molar-refractivity contribution in [3.05, 3.63) is 23.8 Å². The Morgan fingerprint density at radius 1 is 1.28 bits per heavy atom. The van der Waals surface area contributed by atoms with E-state index in [1.807, 2.05) is 0 Å². The number of phenols is 1. The number of carbonyl (C=O) groups excluding carboxylic acids is 3. The Bertz CT molecular complexity index is 764. The number of likely N-dealkylation sites (tertiary alicyclic amines) is 1. The molecule has 0 unspecified atom stereocenters. The number of carbonyl (C=O) groups is 3. The van der Waals surface area contributed by atoms with Gasteiger partial charge in [0.1, 0.15) is 17.9 Å². The topological polar surface area (TPSA) is 110 Å². The third kappa shape index (κ3) is 2.28. The molecule has 2 amide bonds. The Balaban J connectivity index is 2.11. The summed E-state index contributed by atoms with van der Waals surface area (Å²) in [7, 11) is 4.12. The van der Waals surface area contributed by atoms with Gasteiger partial charge in [0.15, 0.2) is 11.5 Å². The first-order chi connectivity index (χ1) is 11.8. The van der Waals surface area contributed by atoms with Gasteiger partial charge in [0.2, 0.25) is 17.4 Å². The van der Waals surface area contributed by atoms with Crippen molar-refractivity contribution in [1.29, 1.82) is 0 Å². The zero-order valence-corrected chi connectivity index (χ0v) is 14.5. The molecular weight excluding hydrogens is 328 g/mol. The summed E-state index contributed by atoms with van der Waals surface area (Å²) in [6, 6.07) is 4.28. The van der Waals surface area contributed by atoms with Gasteiger partial charge in [0, 0.05) is 19.5 Å². The van der Waals surface area contributed by atoms with E-state index in [1.165, 1.54) is 27.3 Å². The number of imide groups is 1. The Morgan fingerprint density at radius 3 is 2.56 bits per heavy atom. The molecule has 1 aromatic rings. The van der Waals surface area contributed by atoms with Crippen LogP contribution in [0.15, 0.2) is 18.2 Å². The first-order valence-corrected chi connectivity index (χ1v) is 7.89. The highest BCUT2D eigenvalue weighted by Crippen LogP contribution is 2.44. The van der Waals surface area contributed by atoms with E-state index in [9.17, 15) is 19.5 Å². The highest BCUT2D eigenvalue weighted by atomic mass is 16.5. The second-order valence-corrected chi connectivity index (χ2v) is 6.64. The number of esters is 1. The number of quaternary nitrogens is 1. The van der Waals surface area contributed by atoms with Crippen LogP contribution in [0.25, 0.3) is 0 Å². The lowest BCUT2D eigenvalue weighted by Crippen LogP contribution is -2.97. The number of methoxy groups -OCH3 is 2. The fraction of sp³-hybridized carbons (Fsp3) is 0.471. The highest BCUT2D eigenvalue weighted by Gasteiger charge is 2.70. The van der Waals surface area contributed by atoms with Gasteiger partial charge < -0.3 is 19.9 Å². The van der Waals surface area contributed by atoms with E-state index in [2.05, 4.69) is 0 Å². The molecule has 2 saturated heterocycles. The predicted molar refractivity (Wildman–Crippen MR) is 84.5 cm³/mol. The van der Waals surface area contributed by atoms with Gasteiger partial charge in [-0.15, -0.1) is 0 Å². The molecule has 0 aliphatic carbocycles. The molecule has 1 aromatic carbocycles. The third-order valence-electron chi connectivity index (χ3n) is 5.34. The van der Waals surface area contributed by atoms with Crippen LogP contribution in [0.3, 0.4) is 0 Å². The van der Waals surface area contributed by atoms with Gasteiger partial charge in [-0.2, -0.15) is 0 Å². The largest absolute Gasteiger partial charge is 0.504 e. The molecular formula is C17H21N2O6+. The number of fused-ring (bicyclic) bond motifs is 1. The number of aromatic hydroxyl groups is 1. The van der Waals surface area contributed by atoms with Gasteiger partial charge in [-0.05, 0) is 18.2 Å². The molecule has 2 aliphatic heterocycles. The summed E-state index contributed by atoms with van der Waals surface area (Å²) in [4.78, 5) is 38.7. The lowest BCUT2D eigenvalue weighted by molar-refractivity contribution is -0.731. The molecule has 0 radical (unpaired) electrons. The minimum Gasteiger partial charge on any atom is -0.504 e. The van der Waals surface area contributed by atoms with Crippen LogP contribution in [-0.4, -0.2) is 54.6 Å². The van der Waals surface area contributed by atoms with Crippen LogP contribution in [0, 0.1) is 11.8 Å². The van der Waals surface area contributed by atoms with Crippen LogP contribution in [0.5, 0.6) is 11.5 Å². The van der Waals surface area contributed by atoms with Crippen molar-refractivity contribution >= 4 is 17.8 Å². The van der Waals surface area contributed by atoms with E-state index < -0.39 is 29.4 Å². The quantitative estimate of drug-likeness (QED) is 0.545. The van der Waals surface area contributed by atoms with Gasteiger partial charge in [-0.25, -0.2) is 4.79 Å². The normalized spacial score (nSPS) is 31.2. The zero-order valence-electron chi connectivity index (χ0n) is 14.5. The highest BCUT2D eigenvalue weighted by molar-refractivity contribution is 6.08. The SMILES string of the molecule is COC(=O)[C@]1(C)[NH2+][C@@H](c2ccc(O)c(OC)c2)[C@H]2C(=O)N(C)C(=O)[C@@H]21. The van der Waals surface area contributed by atoms with Crippen LogP contribution >= 0.6 is 0 Å². The molecule has 8 nitrogen and oxygen atoms in total.